The Balaban J connectivity index is 4.60. The predicted octanol–water partition coefficient (Wildman–Crippen LogP) is 1.66. The molecule has 0 saturated heterocycles. The van der Waals surface area contributed by atoms with Crippen molar-refractivity contribution in [1.82, 2.24) is 0 Å². The third-order valence-electron chi connectivity index (χ3n) is 2.31. The van der Waals surface area contributed by atoms with E-state index in [1.165, 1.54) is 0 Å². The van der Waals surface area contributed by atoms with Gasteiger partial charge in [-0.1, -0.05) is 12.2 Å². The van der Waals surface area contributed by atoms with Gasteiger partial charge in [0.1, 0.15) is 0 Å². The van der Waals surface area contributed by atoms with Crippen LogP contribution in [0.15, 0.2) is 25.3 Å². The molecule has 88 valence electrons. The van der Waals surface area contributed by atoms with Gasteiger partial charge in [-0.05, 0) is 26.7 Å². The van der Waals surface area contributed by atoms with Crippen LogP contribution in [0.1, 0.15) is 26.7 Å². The first-order chi connectivity index (χ1) is 6.95. The predicted molar refractivity (Wildman–Crippen MR) is 61.7 cm³/mol. The monoisotopic (exact) mass is 214 g/mol. The van der Waals surface area contributed by atoms with E-state index in [0.29, 0.717) is 12.8 Å². The van der Waals surface area contributed by atoms with Gasteiger partial charge in [-0.2, -0.15) is 0 Å². The summed E-state index contributed by atoms with van der Waals surface area (Å²) in [5.41, 5.74) is -1.38. The quantitative estimate of drug-likeness (QED) is 0.604. The minimum Gasteiger partial charge on any atom is -0.393 e. The van der Waals surface area contributed by atoms with Crippen LogP contribution < -0.4 is 0 Å². The zero-order valence-electron chi connectivity index (χ0n) is 9.70. The van der Waals surface area contributed by atoms with Gasteiger partial charge in [0.2, 0.25) is 0 Å². The number of aliphatic hydroxyl groups is 2. The van der Waals surface area contributed by atoms with E-state index in [9.17, 15) is 10.2 Å². The fourth-order valence-electron chi connectivity index (χ4n) is 1.48. The van der Waals surface area contributed by atoms with Gasteiger partial charge < -0.3 is 14.9 Å². The Morgan fingerprint density at radius 3 is 1.53 bits per heavy atom. The van der Waals surface area contributed by atoms with Crippen molar-refractivity contribution in [2.75, 3.05) is 13.2 Å². The van der Waals surface area contributed by atoms with E-state index in [1.807, 2.05) is 0 Å². The first kappa shape index (κ1) is 14.4. The maximum Gasteiger partial charge on any atom is 0.0926 e. The fourth-order valence-corrected chi connectivity index (χ4v) is 1.48. The standard InChI is InChI=1S/C12H22O3/c1-5-7-11(3,9-13)15-12(4,10-14)8-6-2/h5-6,13-14H,1-2,7-10H2,3-4H3. The largest absolute Gasteiger partial charge is 0.393 e. The Morgan fingerprint density at radius 2 is 1.33 bits per heavy atom. The van der Waals surface area contributed by atoms with Crippen LogP contribution in [0.4, 0.5) is 0 Å². The second-order valence-electron chi connectivity index (χ2n) is 4.30. The van der Waals surface area contributed by atoms with E-state index in [4.69, 9.17) is 4.74 Å². The van der Waals surface area contributed by atoms with Gasteiger partial charge in [0.05, 0.1) is 24.4 Å². The molecule has 0 amide bonds. The molecule has 0 saturated carbocycles. The summed E-state index contributed by atoms with van der Waals surface area (Å²) < 4.78 is 5.76. The molecule has 0 aromatic heterocycles. The number of rotatable bonds is 8. The minimum absolute atomic E-state index is 0.105. The van der Waals surface area contributed by atoms with Crippen molar-refractivity contribution in [3.05, 3.63) is 25.3 Å². The summed E-state index contributed by atoms with van der Waals surface area (Å²) in [7, 11) is 0. The highest BCUT2D eigenvalue weighted by atomic mass is 16.5. The lowest BCUT2D eigenvalue weighted by atomic mass is 9.98. The molecule has 0 fully saturated rings. The van der Waals surface area contributed by atoms with Gasteiger partial charge in [0, 0.05) is 0 Å². The molecule has 2 atom stereocenters. The molecule has 0 heterocycles. The topological polar surface area (TPSA) is 49.7 Å². The van der Waals surface area contributed by atoms with E-state index >= 15 is 0 Å². The second-order valence-corrected chi connectivity index (χ2v) is 4.30. The number of aliphatic hydroxyl groups excluding tert-OH is 2. The molecular weight excluding hydrogens is 192 g/mol. The number of hydrogen-bond donors (Lipinski definition) is 2. The van der Waals surface area contributed by atoms with Crippen molar-refractivity contribution in [3.63, 3.8) is 0 Å². The van der Waals surface area contributed by atoms with Crippen LogP contribution in [0.3, 0.4) is 0 Å². The summed E-state index contributed by atoms with van der Waals surface area (Å²) in [5.74, 6) is 0. The summed E-state index contributed by atoms with van der Waals surface area (Å²) in [6, 6.07) is 0. The molecule has 0 bridgehead atoms. The van der Waals surface area contributed by atoms with Crippen LogP contribution in [0.25, 0.3) is 0 Å². The molecule has 3 heteroatoms. The molecule has 2 N–H and O–H groups in total. The van der Waals surface area contributed by atoms with E-state index < -0.39 is 11.2 Å². The van der Waals surface area contributed by atoms with E-state index in [2.05, 4.69) is 13.2 Å². The normalized spacial score (nSPS) is 18.9. The molecule has 0 aliphatic rings. The van der Waals surface area contributed by atoms with Crippen LogP contribution in [0.5, 0.6) is 0 Å². The average molecular weight is 214 g/mol. The Bertz CT molecular complexity index is 193. The first-order valence-corrected chi connectivity index (χ1v) is 5.09. The van der Waals surface area contributed by atoms with Crippen LogP contribution >= 0.6 is 0 Å². The minimum atomic E-state index is -0.692. The molecule has 0 rings (SSSR count). The van der Waals surface area contributed by atoms with Crippen molar-refractivity contribution >= 4 is 0 Å². The Labute approximate surface area is 92.1 Å². The van der Waals surface area contributed by atoms with Crippen molar-refractivity contribution < 1.29 is 14.9 Å². The van der Waals surface area contributed by atoms with Gasteiger partial charge in [0.15, 0.2) is 0 Å². The van der Waals surface area contributed by atoms with E-state index in [-0.39, 0.29) is 13.2 Å². The molecule has 0 spiro atoms. The fraction of sp³-hybridized carbons (Fsp3) is 0.667. The molecule has 3 nitrogen and oxygen atoms in total. The van der Waals surface area contributed by atoms with Crippen molar-refractivity contribution in [2.45, 2.75) is 37.9 Å². The zero-order valence-corrected chi connectivity index (χ0v) is 9.70. The highest BCUT2D eigenvalue weighted by Gasteiger charge is 2.33. The maximum atomic E-state index is 9.26. The smallest absolute Gasteiger partial charge is 0.0926 e. The third kappa shape index (κ3) is 4.60. The summed E-state index contributed by atoms with van der Waals surface area (Å²) in [4.78, 5) is 0. The maximum absolute atomic E-state index is 9.26. The van der Waals surface area contributed by atoms with Gasteiger partial charge in [-0.25, -0.2) is 0 Å². The summed E-state index contributed by atoms with van der Waals surface area (Å²) in [6.45, 7) is 10.6. The Morgan fingerprint density at radius 1 is 1.00 bits per heavy atom. The van der Waals surface area contributed by atoms with Crippen LogP contribution in [0.2, 0.25) is 0 Å². The average Bonchev–Trinajstić information content (AvgIpc) is 2.18. The second kappa shape index (κ2) is 6.05. The number of ether oxygens (including phenoxy) is 1. The summed E-state index contributed by atoms with van der Waals surface area (Å²) >= 11 is 0. The van der Waals surface area contributed by atoms with E-state index in [1.54, 1.807) is 26.0 Å². The molecule has 0 aromatic carbocycles. The molecular formula is C12H22O3. The summed E-state index contributed by atoms with van der Waals surface area (Å²) in [6.07, 6.45) is 4.47. The van der Waals surface area contributed by atoms with Crippen molar-refractivity contribution in [3.8, 4) is 0 Å². The van der Waals surface area contributed by atoms with E-state index in [0.717, 1.165) is 0 Å². The summed E-state index contributed by atoms with van der Waals surface area (Å²) in [5, 5.41) is 18.5. The number of hydrogen-bond acceptors (Lipinski definition) is 3. The van der Waals surface area contributed by atoms with Gasteiger partial charge in [-0.15, -0.1) is 13.2 Å². The molecule has 0 aliphatic heterocycles. The first-order valence-electron chi connectivity index (χ1n) is 5.09. The Hall–Kier alpha value is -0.640. The van der Waals surface area contributed by atoms with Gasteiger partial charge in [-0.3, -0.25) is 0 Å². The van der Waals surface area contributed by atoms with Crippen LogP contribution in [-0.4, -0.2) is 34.6 Å². The van der Waals surface area contributed by atoms with Crippen LogP contribution in [0, 0.1) is 0 Å². The zero-order chi connectivity index (χ0) is 11.9. The molecule has 0 aromatic rings. The molecule has 0 aliphatic carbocycles. The third-order valence-corrected chi connectivity index (χ3v) is 2.31. The SMILES string of the molecule is C=CCC(C)(CO)OC(C)(CO)CC=C. The van der Waals surface area contributed by atoms with Crippen molar-refractivity contribution in [2.24, 2.45) is 0 Å². The lowest BCUT2D eigenvalue weighted by molar-refractivity contribution is -0.171. The highest BCUT2D eigenvalue weighted by molar-refractivity contribution is 4.91. The Kier molecular flexibility index (Phi) is 5.80. The van der Waals surface area contributed by atoms with Crippen molar-refractivity contribution in [1.29, 1.82) is 0 Å². The highest BCUT2D eigenvalue weighted by Crippen LogP contribution is 2.26. The molecule has 0 radical (unpaired) electrons. The van der Waals surface area contributed by atoms with Gasteiger partial charge in [0.25, 0.3) is 0 Å². The van der Waals surface area contributed by atoms with Gasteiger partial charge >= 0.3 is 0 Å². The van der Waals surface area contributed by atoms with Crippen LogP contribution in [-0.2, 0) is 4.74 Å². The lowest BCUT2D eigenvalue weighted by Crippen LogP contribution is -2.45. The molecule has 15 heavy (non-hydrogen) atoms. The lowest BCUT2D eigenvalue weighted by Gasteiger charge is -2.37. The molecule has 2 unspecified atom stereocenters.